The minimum absolute atomic E-state index is 0.492. The molecule has 4 nitrogen and oxygen atoms in total. The summed E-state index contributed by atoms with van der Waals surface area (Å²) in [6, 6.07) is 14.0. The van der Waals surface area contributed by atoms with E-state index >= 15 is 0 Å². The largest absolute Gasteiger partial charge is 0.493 e. The fraction of sp³-hybridized carbons (Fsp3) is 0.350. The molecule has 3 rings (SSSR count). The van der Waals surface area contributed by atoms with Crippen LogP contribution in [-0.2, 0) is 6.61 Å². The summed E-state index contributed by atoms with van der Waals surface area (Å²) in [5, 5.41) is 0. The van der Waals surface area contributed by atoms with Gasteiger partial charge in [0.05, 0.1) is 7.11 Å². The van der Waals surface area contributed by atoms with Crippen molar-refractivity contribution in [1.29, 1.82) is 0 Å². The predicted molar refractivity (Wildman–Crippen MR) is 112 cm³/mol. The van der Waals surface area contributed by atoms with Crippen LogP contribution in [0.2, 0.25) is 0 Å². The third-order valence-corrected chi connectivity index (χ3v) is 5.53. The maximum Gasteiger partial charge on any atom is 0.161 e. The van der Waals surface area contributed by atoms with Gasteiger partial charge in [0.15, 0.2) is 11.5 Å². The van der Waals surface area contributed by atoms with Crippen molar-refractivity contribution >= 4 is 33.1 Å². The Morgan fingerprint density at radius 3 is 2.38 bits per heavy atom. The number of ether oxygens (including phenoxy) is 2. The van der Waals surface area contributed by atoms with E-state index in [-0.39, 0.29) is 0 Å². The van der Waals surface area contributed by atoms with Crippen molar-refractivity contribution in [3.05, 3.63) is 58.1 Å². The minimum Gasteiger partial charge on any atom is -0.493 e. The Balaban J connectivity index is 1.68. The summed E-state index contributed by atoms with van der Waals surface area (Å²) in [4.78, 5) is 5.45. The molecular formula is C20H23BrN2O2S. The van der Waals surface area contributed by atoms with Crippen LogP contribution in [0, 0.1) is 0 Å². The second kappa shape index (κ2) is 8.84. The van der Waals surface area contributed by atoms with Gasteiger partial charge < -0.3 is 19.3 Å². The van der Waals surface area contributed by atoms with Gasteiger partial charge in [-0.3, -0.25) is 0 Å². The first-order chi connectivity index (χ1) is 12.6. The van der Waals surface area contributed by atoms with E-state index in [1.165, 1.54) is 0 Å². The van der Waals surface area contributed by atoms with E-state index in [1.807, 2.05) is 42.5 Å². The first-order valence-corrected chi connectivity index (χ1v) is 9.80. The van der Waals surface area contributed by atoms with Crippen molar-refractivity contribution in [2.24, 2.45) is 0 Å². The molecule has 1 fully saturated rings. The van der Waals surface area contributed by atoms with E-state index in [9.17, 15) is 0 Å². The molecule has 2 aromatic rings. The Hall–Kier alpha value is -1.63. The van der Waals surface area contributed by atoms with Crippen LogP contribution in [-0.4, -0.2) is 55.1 Å². The lowest BCUT2D eigenvalue weighted by atomic mass is 10.1. The molecule has 1 aliphatic rings. The summed E-state index contributed by atoms with van der Waals surface area (Å²) in [6.07, 6.45) is 0. The molecule has 0 amide bonds. The molecule has 0 N–H and O–H groups in total. The molecule has 1 aliphatic heterocycles. The summed E-state index contributed by atoms with van der Waals surface area (Å²) >= 11 is 9.13. The lowest BCUT2D eigenvalue weighted by Crippen LogP contribution is -2.46. The summed E-state index contributed by atoms with van der Waals surface area (Å²) in [6.45, 7) is 4.47. The summed E-state index contributed by atoms with van der Waals surface area (Å²) < 4.78 is 12.5. The maximum atomic E-state index is 5.94. The fourth-order valence-corrected chi connectivity index (χ4v) is 3.43. The summed E-state index contributed by atoms with van der Waals surface area (Å²) in [5.74, 6) is 1.43. The Bertz CT molecular complexity index is 759. The van der Waals surface area contributed by atoms with Gasteiger partial charge >= 0.3 is 0 Å². The molecular weight excluding hydrogens is 412 g/mol. The van der Waals surface area contributed by atoms with Crippen LogP contribution >= 0.6 is 28.1 Å². The normalized spacial score (nSPS) is 15.0. The van der Waals surface area contributed by atoms with Crippen LogP contribution in [0.25, 0.3) is 0 Å². The van der Waals surface area contributed by atoms with E-state index in [0.29, 0.717) is 12.4 Å². The van der Waals surface area contributed by atoms with Gasteiger partial charge in [-0.05, 0) is 42.9 Å². The average molecular weight is 435 g/mol. The standard InChI is InChI=1S/C20H23BrN2O2S/c1-22-9-11-23(12-10-22)20(26)16-5-8-18(19(13-16)24-2)25-14-15-3-6-17(21)7-4-15/h3-8,13H,9-12,14H2,1-2H3. The van der Waals surface area contributed by atoms with E-state index in [4.69, 9.17) is 21.7 Å². The third-order valence-electron chi connectivity index (χ3n) is 4.51. The van der Waals surface area contributed by atoms with Crippen LogP contribution < -0.4 is 9.47 Å². The number of likely N-dealkylation sites (N-methyl/N-ethyl adjacent to an activating group) is 1. The second-order valence-corrected chi connectivity index (χ2v) is 7.68. The van der Waals surface area contributed by atoms with E-state index in [0.717, 1.165) is 52.5 Å². The van der Waals surface area contributed by atoms with Crippen molar-refractivity contribution in [3.8, 4) is 11.5 Å². The smallest absolute Gasteiger partial charge is 0.161 e. The number of hydrogen-bond acceptors (Lipinski definition) is 4. The van der Waals surface area contributed by atoms with Crippen LogP contribution in [0.5, 0.6) is 11.5 Å². The molecule has 0 radical (unpaired) electrons. The van der Waals surface area contributed by atoms with Gasteiger partial charge in [-0.25, -0.2) is 0 Å². The average Bonchev–Trinajstić information content (AvgIpc) is 2.67. The van der Waals surface area contributed by atoms with Crippen LogP contribution in [0.3, 0.4) is 0 Å². The Morgan fingerprint density at radius 2 is 1.73 bits per heavy atom. The highest BCUT2D eigenvalue weighted by Gasteiger charge is 2.18. The molecule has 1 saturated heterocycles. The Kier molecular flexibility index (Phi) is 6.51. The quantitative estimate of drug-likeness (QED) is 0.663. The van der Waals surface area contributed by atoms with Gasteiger partial charge in [0.25, 0.3) is 0 Å². The molecule has 0 bridgehead atoms. The van der Waals surface area contributed by atoms with Crippen LogP contribution in [0.1, 0.15) is 11.1 Å². The van der Waals surface area contributed by atoms with Crippen molar-refractivity contribution in [3.63, 3.8) is 0 Å². The summed E-state index contributed by atoms with van der Waals surface area (Å²) in [7, 11) is 3.80. The molecule has 0 atom stereocenters. The van der Waals surface area contributed by atoms with Gasteiger partial charge in [-0.2, -0.15) is 0 Å². The Morgan fingerprint density at radius 1 is 1.04 bits per heavy atom. The zero-order chi connectivity index (χ0) is 18.5. The van der Waals surface area contributed by atoms with E-state index in [2.05, 4.69) is 32.8 Å². The highest BCUT2D eigenvalue weighted by molar-refractivity contribution is 9.10. The molecule has 1 heterocycles. The monoisotopic (exact) mass is 434 g/mol. The number of methoxy groups -OCH3 is 1. The van der Waals surface area contributed by atoms with Crippen molar-refractivity contribution in [2.45, 2.75) is 6.61 Å². The SMILES string of the molecule is COc1cc(C(=S)N2CCN(C)CC2)ccc1OCc1ccc(Br)cc1. The highest BCUT2D eigenvalue weighted by Crippen LogP contribution is 2.30. The first-order valence-electron chi connectivity index (χ1n) is 8.60. The van der Waals surface area contributed by atoms with Gasteiger partial charge in [-0.15, -0.1) is 0 Å². The molecule has 0 aliphatic carbocycles. The van der Waals surface area contributed by atoms with Gasteiger partial charge in [0.2, 0.25) is 0 Å². The maximum absolute atomic E-state index is 5.94. The first kappa shape index (κ1) is 19.1. The minimum atomic E-state index is 0.492. The van der Waals surface area contributed by atoms with Gasteiger partial charge in [0, 0.05) is 36.2 Å². The molecule has 2 aromatic carbocycles. The number of halogens is 1. The number of hydrogen-bond donors (Lipinski definition) is 0. The number of benzene rings is 2. The number of thiocarbonyl (C=S) groups is 1. The van der Waals surface area contributed by atoms with Crippen molar-refractivity contribution in [2.75, 3.05) is 40.3 Å². The Labute approximate surface area is 168 Å². The lowest BCUT2D eigenvalue weighted by molar-refractivity contribution is 0.218. The lowest BCUT2D eigenvalue weighted by Gasteiger charge is -2.34. The summed E-state index contributed by atoms with van der Waals surface area (Å²) in [5.41, 5.74) is 2.10. The zero-order valence-corrected chi connectivity index (χ0v) is 17.5. The molecule has 0 aromatic heterocycles. The van der Waals surface area contributed by atoms with Crippen LogP contribution in [0.15, 0.2) is 46.9 Å². The molecule has 26 heavy (non-hydrogen) atoms. The van der Waals surface area contributed by atoms with Gasteiger partial charge in [-0.1, -0.05) is 40.3 Å². The van der Waals surface area contributed by atoms with Crippen molar-refractivity contribution in [1.82, 2.24) is 9.80 Å². The number of nitrogens with zero attached hydrogens (tertiary/aromatic N) is 2. The van der Waals surface area contributed by atoms with Gasteiger partial charge in [0.1, 0.15) is 11.6 Å². The van der Waals surface area contributed by atoms with Crippen LogP contribution in [0.4, 0.5) is 0 Å². The van der Waals surface area contributed by atoms with Crippen molar-refractivity contribution < 1.29 is 9.47 Å². The molecule has 138 valence electrons. The topological polar surface area (TPSA) is 24.9 Å². The molecule has 0 spiro atoms. The number of piperazine rings is 1. The third kappa shape index (κ3) is 4.75. The van der Waals surface area contributed by atoms with E-state index < -0.39 is 0 Å². The zero-order valence-electron chi connectivity index (χ0n) is 15.1. The highest BCUT2D eigenvalue weighted by atomic mass is 79.9. The predicted octanol–water partition coefficient (Wildman–Crippen LogP) is 3.96. The van der Waals surface area contributed by atoms with E-state index in [1.54, 1.807) is 7.11 Å². The second-order valence-electron chi connectivity index (χ2n) is 6.38. The molecule has 6 heteroatoms. The fourth-order valence-electron chi connectivity index (χ4n) is 2.85. The molecule has 0 unspecified atom stereocenters. The molecule has 0 saturated carbocycles. The number of rotatable bonds is 5.